The second-order valence-corrected chi connectivity index (χ2v) is 6.75. The van der Waals surface area contributed by atoms with E-state index in [1.54, 1.807) is 0 Å². The fraction of sp³-hybridized carbons (Fsp3) is 0. The zero-order chi connectivity index (χ0) is 21.6. The predicted molar refractivity (Wildman–Crippen MR) is 104 cm³/mol. The molecule has 4 rings (SSSR count). The molecule has 5 nitrogen and oxygen atoms in total. The number of hydrogen-bond acceptors (Lipinski definition) is 4. The average Bonchev–Trinajstić information content (AvgIpc) is 3.02. The summed E-state index contributed by atoms with van der Waals surface area (Å²) in [4.78, 5) is 29.7. The molecule has 2 N–H and O–H groups in total. The summed E-state index contributed by atoms with van der Waals surface area (Å²) < 4.78 is 43.4. The number of carbonyl (C=O) groups is 2. The Balaban J connectivity index is 1.89. The third kappa shape index (κ3) is 3.11. The van der Waals surface area contributed by atoms with E-state index in [0.717, 1.165) is 34.9 Å². The van der Waals surface area contributed by atoms with Gasteiger partial charge in [-0.1, -0.05) is 23.7 Å². The lowest BCUT2D eigenvalue weighted by Crippen LogP contribution is -2.12. The monoisotopic (exact) mass is 429 g/mol. The molecule has 0 atom stereocenters. The van der Waals surface area contributed by atoms with Gasteiger partial charge in [-0.05, 0) is 36.4 Å². The van der Waals surface area contributed by atoms with Gasteiger partial charge in [0.15, 0.2) is 11.6 Å². The van der Waals surface area contributed by atoms with Crippen molar-refractivity contribution in [3.63, 3.8) is 0 Å². The summed E-state index contributed by atoms with van der Waals surface area (Å²) in [5, 5.41) is -0.130. The fourth-order valence-corrected chi connectivity index (χ4v) is 3.36. The van der Waals surface area contributed by atoms with E-state index in [2.05, 4.69) is 4.98 Å². The lowest BCUT2D eigenvalue weighted by molar-refractivity contribution is 0.101. The number of imidazole rings is 1. The molecule has 0 saturated carbocycles. The maximum Gasteiger partial charge on any atom is 0.218 e. The molecular formula is C21H11ClF3N3O2. The molecule has 2 aromatic heterocycles. The molecule has 0 saturated heterocycles. The zero-order valence-electron chi connectivity index (χ0n) is 15.0. The molecular weight excluding hydrogens is 419 g/mol. The van der Waals surface area contributed by atoms with Crippen LogP contribution in [-0.4, -0.2) is 21.0 Å². The van der Waals surface area contributed by atoms with E-state index in [-0.39, 0.29) is 27.7 Å². The highest BCUT2D eigenvalue weighted by molar-refractivity contribution is 6.35. The number of fused-ring (bicyclic) bond motifs is 1. The summed E-state index contributed by atoms with van der Waals surface area (Å²) >= 11 is 5.97. The summed E-state index contributed by atoms with van der Waals surface area (Å²) in [6, 6.07) is 9.44. The fourth-order valence-electron chi connectivity index (χ4n) is 3.12. The highest BCUT2D eigenvalue weighted by atomic mass is 35.5. The Bertz CT molecular complexity index is 1310. The van der Waals surface area contributed by atoms with Crippen LogP contribution in [0.3, 0.4) is 0 Å². The van der Waals surface area contributed by atoms with Crippen molar-refractivity contribution in [2.24, 2.45) is 0 Å². The Labute approximate surface area is 172 Å². The van der Waals surface area contributed by atoms with Crippen molar-refractivity contribution in [2.45, 2.75) is 0 Å². The molecule has 0 aliphatic rings. The second-order valence-electron chi connectivity index (χ2n) is 6.34. The summed E-state index contributed by atoms with van der Waals surface area (Å²) in [7, 11) is 0. The topological polar surface area (TPSA) is 77.5 Å². The molecule has 2 aromatic carbocycles. The number of halogens is 4. The van der Waals surface area contributed by atoms with Crippen LogP contribution in [0.1, 0.15) is 32.0 Å². The van der Waals surface area contributed by atoms with Gasteiger partial charge in [0.2, 0.25) is 5.78 Å². The molecule has 2 heterocycles. The maximum absolute atomic E-state index is 14.2. The normalized spacial score (nSPS) is 11.1. The van der Waals surface area contributed by atoms with Crippen LogP contribution in [0.25, 0.3) is 5.65 Å². The number of nitrogens with zero attached hydrogens (tertiary/aromatic N) is 2. The highest BCUT2D eigenvalue weighted by Gasteiger charge is 2.26. The molecule has 0 radical (unpaired) electrons. The Morgan fingerprint density at radius 3 is 2.10 bits per heavy atom. The van der Waals surface area contributed by atoms with Gasteiger partial charge in [0.05, 0.1) is 16.1 Å². The van der Waals surface area contributed by atoms with Crippen molar-refractivity contribution in [3.8, 4) is 0 Å². The maximum atomic E-state index is 14.2. The molecule has 150 valence electrons. The van der Waals surface area contributed by atoms with E-state index in [4.69, 9.17) is 17.3 Å². The van der Waals surface area contributed by atoms with Crippen LogP contribution in [0, 0.1) is 17.5 Å². The van der Waals surface area contributed by atoms with E-state index >= 15 is 0 Å². The van der Waals surface area contributed by atoms with Crippen LogP contribution in [0.15, 0.2) is 54.7 Å². The largest absolute Gasteiger partial charge is 0.382 e. The van der Waals surface area contributed by atoms with Crippen molar-refractivity contribution in [1.29, 1.82) is 0 Å². The Hall–Kier alpha value is -3.65. The number of hydrogen-bond donors (Lipinski definition) is 1. The SMILES string of the molecule is Nc1nc2ccc(C(=O)c3c(F)cccc3F)cn2c1C(=O)c1c(F)cccc1Cl. The van der Waals surface area contributed by atoms with Gasteiger partial charge in [-0.2, -0.15) is 0 Å². The van der Waals surface area contributed by atoms with Crippen molar-refractivity contribution in [1.82, 2.24) is 9.38 Å². The lowest BCUT2D eigenvalue weighted by Gasteiger charge is -2.08. The van der Waals surface area contributed by atoms with E-state index in [1.807, 2.05) is 0 Å². The average molecular weight is 430 g/mol. The minimum atomic E-state index is -1.03. The first-order chi connectivity index (χ1) is 14.3. The van der Waals surface area contributed by atoms with Crippen molar-refractivity contribution in [2.75, 3.05) is 5.73 Å². The van der Waals surface area contributed by atoms with Crippen molar-refractivity contribution < 1.29 is 22.8 Å². The molecule has 0 fully saturated rings. The van der Waals surface area contributed by atoms with Crippen LogP contribution in [-0.2, 0) is 0 Å². The standard InChI is InChI=1S/C21H11ClF3N3O2/c22-11-3-1-4-12(23)16(11)20(30)18-21(26)27-15-8-7-10(9-28(15)18)19(29)17-13(24)5-2-6-14(17)25/h1-9H,26H2. The molecule has 0 aliphatic heterocycles. The minimum absolute atomic E-state index is 0.127. The highest BCUT2D eigenvalue weighted by Crippen LogP contribution is 2.26. The third-order valence-corrected chi connectivity index (χ3v) is 4.82. The quantitative estimate of drug-likeness (QED) is 0.486. The number of ketones is 2. The zero-order valence-corrected chi connectivity index (χ0v) is 15.8. The van der Waals surface area contributed by atoms with Gasteiger partial charge in [0, 0.05) is 11.8 Å². The van der Waals surface area contributed by atoms with E-state index in [1.165, 1.54) is 24.3 Å². The molecule has 9 heteroatoms. The number of carbonyl (C=O) groups excluding carboxylic acids is 2. The summed E-state index contributed by atoms with van der Waals surface area (Å²) in [5.74, 6) is -4.94. The smallest absolute Gasteiger partial charge is 0.218 e. The molecule has 0 bridgehead atoms. The van der Waals surface area contributed by atoms with Crippen LogP contribution in [0.2, 0.25) is 5.02 Å². The van der Waals surface area contributed by atoms with E-state index < -0.39 is 40.1 Å². The summed E-state index contributed by atoms with van der Waals surface area (Å²) in [6.07, 6.45) is 1.16. The lowest BCUT2D eigenvalue weighted by atomic mass is 10.0. The molecule has 0 unspecified atom stereocenters. The Morgan fingerprint density at radius 2 is 1.47 bits per heavy atom. The molecule has 4 aromatic rings. The third-order valence-electron chi connectivity index (χ3n) is 4.50. The van der Waals surface area contributed by atoms with Crippen molar-refractivity contribution >= 4 is 34.6 Å². The van der Waals surface area contributed by atoms with Crippen LogP contribution in [0.4, 0.5) is 19.0 Å². The van der Waals surface area contributed by atoms with Crippen molar-refractivity contribution in [3.05, 3.63) is 99.6 Å². The summed E-state index contributed by atoms with van der Waals surface area (Å²) in [6.45, 7) is 0. The first-order valence-electron chi connectivity index (χ1n) is 8.54. The van der Waals surface area contributed by atoms with E-state index in [0.29, 0.717) is 0 Å². The van der Waals surface area contributed by atoms with Gasteiger partial charge in [0.25, 0.3) is 0 Å². The number of aromatic nitrogens is 2. The van der Waals surface area contributed by atoms with Crippen LogP contribution < -0.4 is 5.73 Å². The predicted octanol–water partition coefficient (Wildman–Crippen LogP) is 4.45. The Kier molecular flexibility index (Phi) is 4.79. The first kappa shape index (κ1) is 19.7. The van der Waals surface area contributed by atoms with Crippen LogP contribution >= 0.6 is 11.6 Å². The number of pyridine rings is 1. The number of nitrogens with two attached hydrogens (primary N) is 1. The van der Waals surface area contributed by atoms with E-state index in [9.17, 15) is 22.8 Å². The van der Waals surface area contributed by atoms with Crippen LogP contribution in [0.5, 0.6) is 0 Å². The van der Waals surface area contributed by atoms with Gasteiger partial charge < -0.3 is 5.73 Å². The number of rotatable bonds is 4. The minimum Gasteiger partial charge on any atom is -0.382 e. The summed E-state index contributed by atoms with van der Waals surface area (Å²) in [5.41, 5.74) is 4.51. The molecule has 30 heavy (non-hydrogen) atoms. The van der Waals surface area contributed by atoms with Gasteiger partial charge in [-0.3, -0.25) is 14.0 Å². The molecule has 0 amide bonds. The molecule has 0 aliphatic carbocycles. The first-order valence-corrected chi connectivity index (χ1v) is 8.92. The number of benzene rings is 2. The van der Waals surface area contributed by atoms with Gasteiger partial charge in [-0.15, -0.1) is 0 Å². The number of anilines is 1. The van der Waals surface area contributed by atoms with Gasteiger partial charge >= 0.3 is 0 Å². The Morgan fingerprint density at radius 1 is 0.867 bits per heavy atom. The van der Waals surface area contributed by atoms with Gasteiger partial charge in [-0.25, -0.2) is 18.2 Å². The molecule has 0 spiro atoms. The van der Waals surface area contributed by atoms with Gasteiger partial charge in [0.1, 0.15) is 28.8 Å². The number of nitrogen functional groups attached to an aromatic ring is 1. The second kappa shape index (κ2) is 7.31.